The Hall–Kier alpha value is -1.08. The van der Waals surface area contributed by atoms with E-state index in [0.717, 1.165) is 19.7 Å². The standard InChI is InChI=1S/C16H14N2S4/c1-7-5-9(3)19-11(7)13-17-15-16(21-13)18-14(22-15)12-8(2)6-10(4)20-12/h5-6H,1-4H3. The molecule has 0 spiro atoms. The molecule has 0 bridgehead atoms. The fourth-order valence-electron chi connectivity index (χ4n) is 2.54. The van der Waals surface area contributed by atoms with E-state index in [1.165, 1.54) is 30.6 Å². The van der Waals surface area contributed by atoms with Gasteiger partial charge in [-0.2, -0.15) is 0 Å². The van der Waals surface area contributed by atoms with Gasteiger partial charge in [0.05, 0.1) is 9.75 Å². The molecule has 4 rings (SSSR count). The molecule has 0 radical (unpaired) electrons. The van der Waals surface area contributed by atoms with Gasteiger partial charge in [-0.1, -0.05) is 22.7 Å². The Kier molecular flexibility index (Phi) is 3.45. The third-order valence-corrected chi connectivity index (χ3v) is 8.09. The Morgan fingerprint density at radius 2 is 1.05 bits per heavy atom. The van der Waals surface area contributed by atoms with Crippen LogP contribution in [-0.4, -0.2) is 9.97 Å². The Bertz CT molecular complexity index is 876. The van der Waals surface area contributed by atoms with Crippen molar-refractivity contribution in [3.8, 4) is 19.8 Å². The zero-order chi connectivity index (χ0) is 15.4. The summed E-state index contributed by atoms with van der Waals surface area (Å²) in [6, 6.07) is 4.46. The van der Waals surface area contributed by atoms with Gasteiger partial charge < -0.3 is 0 Å². The van der Waals surface area contributed by atoms with Gasteiger partial charge in [0.15, 0.2) is 9.66 Å². The highest BCUT2D eigenvalue weighted by Gasteiger charge is 2.17. The van der Waals surface area contributed by atoms with Crippen LogP contribution in [0.15, 0.2) is 12.1 Å². The van der Waals surface area contributed by atoms with Gasteiger partial charge in [-0.05, 0) is 51.0 Å². The quantitative estimate of drug-likeness (QED) is 0.410. The van der Waals surface area contributed by atoms with Gasteiger partial charge in [0.25, 0.3) is 0 Å². The first-order chi connectivity index (χ1) is 10.5. The van der Waals surface area contributed by atoms with E-state index in [9.17, 15) is 0 Å². The molecule has 0 aliphatic carbocycles. The first-order valence-corrected chi connectivity index (χ1v) is 10.2. The van der Waals surface area contributed by atoms with E-state index in [0.29, 0.717) is 0 Å². The lowest BCUT2D eigenvalue weighted by Gasteiger charge is -1.93. The van der Waals surface area contributed by atoms with Gasteiger partial charge in [-0.15, -0.1) is 22.7 Å². The topological polar surface area (TPSA) is 25.8 Å². The molecule has 0 aliphatic rings. The molecule has 0 fully saturated rings. The summed E-state index contributed by atoms with van der Waals surface area (Å²) in [7, 11) is 0. The van der Waals surface area contributed by atoms with Crippen LogP contribution in [0.3, 0.4) is 0 Å². The maximum absolute atomic E-state index is 4.83. The fraction of sp³-hybridized carbons (Fsp3) is 0.250. The largest absolute Gasteiger partial charge is 0.222 e. The summed E-state index contributed by atoms with van der Waals surface area (Å²) in [6.45, 7) is 8.61. The number of hydrogen-bond donors (Lipinski definition) is 0. The molecule has 0 aliphatic heterocycles. The SMILES string of the molecule is Cc1cc(C)c(-c2nc3sc(-c4sc(C)cc4C)nc3s2)s1. The molecule has 4 aromatic rings. The predicted octanol–water partition coefficient (Wildman–Crippen LogP) is 6.44. The van der Waals surface area contributed by atoms with E-state index in [-0.39, 0.29) is 0 Å². The number of thiazole rings is 2. The molecular formula is C16H14N2S4. The predicted molar refractivity (Wildman–Crippen MR) is 101 cm³/mol. The normalized spacial score (nSPS) is 11.6. The van der Waals surface area contributed by atoms with Crippen LogP contribution in [-0.2, 0) is 0 Å². The van der Waals surface area contributed by atoms with Crippen molar-refractivity contribution in [3.05, 3.63) is 33.0 Å². The average molecular weight is 363 g/mol. The number of nitrogens with zero attached hydrogens (tertiary/aromatic N) is 2. The number of thiophene rings is 2. The highest BCUT2D eigenvalue weighted by Crippen LogP contribution is 2.42. The van der Waals surface area contributed by atoms with E-state index in [4.69, 9.17) is 9.97 Å². The second-order valence-electron chi connectivity index (χ2n) is 5.39. The highest BCUT2D eigenvalue weighted by atomic mass is 32.1. The second-order valence-corrected chi connectivity index (χ2v) is 9.85. The van der Waals surface area contributed by atoms with Crippen molar-refractivity contribution in [2.24, 2.45) is 0 Å². The number of hydrogen-bond acceptors (Lipinski definition) is 6. The van der Waals surface area contributed by atoms with E-state index >= 15 is 0 Å². The van der Waals surface area contributed by atoms with Crippen LogP contribution in [0.1, 0.15) is 20.9 Å². The molecule has 2 nitrogen and oxygen atoms in total. The van der Waals surface area contributed by atoms with Crippen LogP contribution in [0, 0.1) is 27.7 Å². The first-order valence-electron chi connectivity index (χ1n) is 6.93. The summed E-state index contributed by atoms with van der Waals surface area (Å²) in [5, 5.41) is 2.21. The molecule has 4 heterocycles. The molecule has 0 saturated carbocycles. The first kappa shape index (κ1) is 14.5. The number of aryl methyl sites for hydroxylation is 4. The van der Waals surface area contributed by atoms with Crippen molar-refractivity contribution in [2.75, 3.05) is 0 Å². The Balaban J connectivity index is 1.80. The summed E-state index contributed by atoms with van der Waals surface area (Å²) in [4.78, 5) is 17.0. The third kappa shape index (κ3) is 2.34. The molecule has 22 heavy (non-hydrogen) atoms. The lowest BCUT2D eigenvalue weighted by molar-refractivity contribution is 1.46. The molecular weight excluding hydrogens is 348 g/mol. The average Bonchev–Trinajstić information content (AvgIpc) is 3.12. The Morgan fingerprint density at radius 1 is 0.636 bits per heavy atom. The molecule has 0 aromatic carbocycles. The van der Waals surface area contributed by atoms with Gasteiger partial charge >= 0.3 is 0 Å². The van der Waals surface area contributed by atoms with Crippen LogP contribution >= 0.6 is 45.3 Å². The second kappa shape index (κ2) is 5.23. The van der Waals surface area contributed by atoms with Crippen LogP contribution in [0.25, 0.3) is 29.4 Å². The van der Waals surface area contributed by atoms with Gasteiger partial charge in [-0.3, -0.25) is 0 Å². The van der Waals surface area contributed by atoms with Crippen molar-refractivity contribution in [2.45, 2.75) is 27.7 Å². The van der Waals surface area contributed by atoms with Gasteiger partial charge in [0.1, 0.15) is 10.0 Å². The van der Waals surface area contributed by atoms with E-state index in [1.54, 1.807) is 22.7 Å². The number of fused-ring (bicyclic) bond motifs is 1. The zero-order valence-electron chi connectivity index (χ0n) is 12.7. The van der Waals surface area contributed by atoms with E-state index in [2.05, 4.69) is 39.8 Å². The van der Waals surface area contributed by atoms with Crippen molar-refractivity contribution in [3.63, 3.8) is 0 Å². The molecule has 112 valence electrons. The molecule has 0 unspecified atom stereocenters. The molecule has 0 N–H and O–H groups in total. The minimum atomic E-state index is 1.06. The van der Waals surface area contributed by atoms with Gasteiger partial charge in [0, 0.05) is 9.75 Å². The maximum Gasteiger partial charge on any atom is 0.155 e. The molecule has 0 saturated heterocycles. The van der Waals surface area contributed by atoms with E-state index in [1.807, 2.05) is 22.7 Å². The lowest BCUT2D eigenvalue weighted by atomic mass is 10.3. The fourth-order valence-corrected chi connectivity index (χ4v) is 6.92. The van der Waals surface area contributed by atoms with Crippen molar-refractivity contribution in [1.82, 2.24) is 9.97 Å². The molecule has 6 heteroatoms. The number of aromatic nitrogens is 2. The van der Waals surface area contributed by atoms with Crippen LogP contribution in [0.2, 0.25) is 0 Å². The summed E-state index contributed by atoms with van der Waals surface area (Å²) in [5.74, 6) is 0. The zero-order valence-corrected chi connectivity index (χ0v) is 15.9. The van der Waals surface area contributed by atoms with Crippen molar-refractivity contribution >= 4 is 55.0 Å². The van der Waals surface area contributed by atoms with Crippen molar-refractivity contribution in [1.29, 1.82) is 0 Å². The van der Waals surface area contributed by atoms with E-state index < -0.39 is 0 Å². The molecule has 0 amide bonds. The monoisotopic (exact) mass is 362 g/mol. The summed E-state index contributed by atoms with van der Waals surface area (Å²) in [5.41, 5.74) is 2.63. The lowest BCUT2D eigenvalue weighted by Crippen LogP contribution is -1.73. The van der Waals surface area contributed by atoms with Crippen LogP contribution in [0.4, 0.5) is 0 Å². The third-order valence-electron chi connectivity index (χ3n) is 3.45. The van der Waals surface area contributed by atoms with Crippen LogP contribution < -0.4 is 0 Å². The number of rotatable bonds is 2. The Labute approximate surface area is 145 Å². The summed E-state index contributed by atoms with van der Waals surface area (Å²) >= 11 is 7.06. The maximum atomic E-state index is 4.83. The van der Waals surface area contributed by atoms with Gasteiger partial charge in [-0.25, -0.2) is 9.97 Å². The minimum absolute atomic E-state index is 1.06. The Morgan fingerprint density at radius 3 is 1.36 bits per heavy atom. The molecule has 0 atom stereocenters. The summed E-state index contributed by atoms with van der Waals surface area (Å²) < 4.78 is 0. The van der Waals surface area contributed by atoms with Gasteiger partial charge in [0.2, 0.25) is 0 Å². The molecule has 4 aromatic heterocycles. The highest BCUT2D eigenvalue weighted by molar-refractivity contribution is 7.32. The van der Waals surface area contributed by atoms with Crippen LogP contribution in [0.5, 0.6) is 0 Å². The smallest absolute Gasteiger partial charge is 0.155 e. The minimum Gasteiger partial charge on any atom is -0.222 e. The van der Waals surface area contributed by atoms with Crippen molar-refractivity contribution < 1.29 is 0 Å². The summed E-state index contributed by atoms with van der Waals surface area (Å²) in [6.07, 6.45) is 0.